The van der Waals surface area contributed by atoms with Crippen LogP contribution in [0.1, 0.15) is 62.3 Å². The molecule has 0 radical (unpaired) electrons. The average Bonchev–Trinajstić information content (AvgIpc) is 3.06. The molecule has 1 heterocycles. The van der Waals surface area contributed by atoms with Crippen LogP contribution < -0.4 is 4.52 Å². The Balaban J connectivity index is 1.77. The fourth-order valence-electron chi connectivity index (χ4n) is 6.37. The molecule has 3 atom stereocenters. The average molecular weight is 425 g/mol. The standard InChI is InChI=1S/C26H33O3P/c1-15-10-17(3)22-20(12-15)21-13-16(2)11-18(4)23(21)28-30(27-22)29-24-25(5,6)19-8-9-26(24,7)14-19/h10-13,19,24H,8-9,14H2,1-7H3. The van der Waals surface area contributed by atoms with Gasteiger partial charge in [0.1, 0.15) is 11.2 Å². The normalized spacial score (nSPS) is 27.3. The number of rotatable bonds is 2. The van der Waals surface area contributed by atoms with Gasteiger partial charge < -0.3 is 8.39 Å². The lowest BCUT2D eigenvalue weighted by Gasteiger charge is -2.40. The molecule has 30 heavy (non-hydrogen) atoms. The summed E-state index contributed by atoms with van der Waals surface area (Å²) in [6.07, 6.45) is 3.94. The van der Waals surface area contributed by atoms with E-state index >= 15 is 0 Å². The highest BCUT2D eigenvalue weighted by Gasteiger charge is 2.60. The quantitative estimate of drug-likeness (QED) is 0.416. The monoisotopic (exact) mass is 424 g/mol. The number of benzene rings is 2. The van der Waals surface area contributed by atoms with E-state index in [9.17, 15) is 0 Å². The molecule has 5 rings (SSSR count). The van der Waals surface area contributed by atoms with Crippen LogP contribution in [0.15, 0.2) is 32.7 Å². The molecule has 3 unspecified atom stereocenters. The van der Waals surface area contributed by atoms with Gasteiger partial charge in [-0.3, -0.25) is 4.52 Å². The van der Waals surface area contributed by atoms with Crippen LogP contribution in [-0.2, 0) is 0 Å². The highest BCUT2D eigenvalue weighted by atomic mass is 31.1. The molecule has 2 fully saturated rings. The number of hydrogen-bond acceptors (Lipinski definition) is 3. The zero-order valence-corrected chi connectivity index (χ0v) is 20.2. The maximum absolute atomic E-state index is 6.79. The minimum Gasteiger partial charge on any atom is -0.399 e. The minimum atomic E-state index is -1.54. The molecule has 0 N–H and O–H groups in total. The molecule has 2 aromatic carbocycles. The number of aryl methyl sites for hydroxylation is 4. The molecule has 3 aromatic rings. The summed E-state index contributed by atoms with van der Waals surface area (Å²) in [4.78, 5) is 0. The molecule has 2 saturated carbocycles. The van der Waals surface area contributed by atoms with Crippen LogP contribution in [-0.4, -0.2) is 6.10 Å². The summed E-state index contributed by atoms with van der Waals surface area (Å²) in [5.74, 6) is 0.725. The van der Waals surface area contributed by atoms with Crippen LogP contribution in [0.3, 0.4) is 0 Å². The highest BCUT2D eigenvalue weighted by molar-refractivity contribution is 7.31. The zero-order valence-electron chi connectivity index (χ0n) is 19.3. The molecule has 3 nitrogen and oxygen atoms in total. The van der Waals surface area contributed by atoms with E-state index in [1.165, 1.54) is 30.4 Å². The molecule has 4 heteroatoms. The second-order valence-corrected chi connectivity index (χ2v) is 11.7. The van der Waals surface area contributed by atoms with Crippen LogP contribution in [0.4, 0.5) is 0 Å². The summed E-state index contributed by atoms with van der Waals surface area (Å²) in [6.45, 7) is 15.6. The summed E-state index contributed by atoms with van der Waals surface area (Å²) in [5, 5.41) is 2.22. The minimum absolute atomic E-state index is 0.144. The van der Waals surface area contributed by atoms with Crippen molar-refractivity contribution in [2.24, 2.45) is 16.7 Å². The van der Waals surface area contributed by atoms with E-state index in [4.69, 9.17) is 12.9 Å². The van der Waals surface area contributed by atoms with Crippen LogP contribution in [0.25, 0.3) is 21.9 Å². The Morgan fingerprint density at radius 1 is 0.867 bits per heavy atom. The Hall–Kier alpha value is -1.70. The lowest BCUT2D eigenvalue weighted by molar-refractivity contribution is 0.0123. The molecule has 1 aromatic heterocycles. The van der Waals surface area contributed by atoms with Crippen LogP contribution in [0, 0.1) is 44.4 Å². The largest absolute Gasteiger partial charge is 0.399 e. The molecule has 0 amide bonds. The van der Waals surface area contributed by atoms with Crippen LogP contribution >= 0.6 is 8.24 Å². The first-order valence-corrected chi connectivity index (χ1v) is 12.2. The number of fused-ring (bicyclic) bond motifs is 5. The van der Waals surface area contributed by atoms with Crippen molar-refractivity contribution in [3.05, 3.63) is 46.5 Å². The Labute approximate surface area is 180 Å². The molecule has 0 spiro atoms. The Bertz CT molecular complexity index is 1130. The van der Waals surface area contributed by atoms with Gasteiger partial charge in [-0.25, -0.2) is 0 Å². The van der Waals surface area contributed by atoms with E-state index in [0.717, 1.165) is 39.0 Å². The van der Waals surface area contributed by atoms with Gasteiger partial charge in [-0.2, -0.15) is 0 Å². The summed E-state index contributed by atoms with van der Waals surface area (Å²) in [6, 6.07) is 8.79. The van der Waals surface area contributed by atoms with Gasteiger partial charge in [0.15, 0.2) is 0 Å². The van der Waals surface area contributed by atoms with E-state index in [2.05, 4.69) is 72.7 Å². The Morgan fingerprint density at radius 3 is 1.87 bits per heavy atom. The van der Waals surface area contributed by atoms with Gasteiger partial charge in [0.25, 0.3) is 0 Å². The van der Waals surface area contributed by atoms with E-state index < -0.39 is 8.24 Å². The summed E-state index contributed by atoms with van der Waals surface area (Å²) < 4.78 is 19.9. The first kappa shape index (κ1) is 20.2. The third kappa shape index (κ3) is 2.97. The van der Waals surface area contributed by atoms with Gasteiger partial charge in [-0.15, -0.1) is 0 Å². The Morgan fingerprint density at radius 2 is 1.40 bits per heavy atom. The maximum Gasteiger partial charge on any atom is 0.387 e. The van der Waals surface area contributed by atoms with Gasteiger partial charge >= 0.3 is 8.24 Å². The van der Waals surface area contributed by atoms with Gasteiger partial charge in [0, 0.05) is 10.8 Å². The first-order chi connectivity index (χ1) is 14.1. The van der Waals surface area contributed by atoms with E-state index in [1.54, 1.807) is 0 Å². The molecule has 2 aliphatic carbocycles. The third-order valence-electron chi connectivity index (χ3n) is 7.79. The van der Waals surface area contributed by atoms with Crippen LogP contribution in [0.5, 0.6) is 0 Å². The van der Waals surface area contributed by atoms with E-state index in [0.29, 0.717) is 0 Å². The molecular formula is C26H33O3P. The zero-order chi connectivity index (χ0) is 21.4. The molecule has 0 aliphatic heterocycles. The summed E-state index contributed by atoms with van der Waals surface area (Å²) >= 11 is 0. The van der Waals surface area contributed by atoms with Crippen LogP contribution in [0.2, 0.25) is 0 Å². The van der Waals surface area contributed by atoms with Crippen molar-refractivity contribution in [2.45, 2.75) is 73.8 Å². The Kier molecular flexibility index (Phi) is 4.48. The van der Waals surface area contributed by atoms with Crippen molar-refractivity contribution in [3.63, 3.8) is 0 Å². The molecule has 160 valence electrons. The molecule has 0 saturated heterocycles. The lowest BCUT2D eigenvalue weighted by atomic mass is 9.70. The second kappa shape index (κ2) is 6.65. The van der Waals surface area contributed by atoms with Gasteiger partial charge in [0.2, 0.25) is 0 Å². The molecular weight excluding hydrogens is 391 g/mol. The first-order valence-electron chi connectivity index (χ1n) is 11.1. The van der Waals surface area contributed by atoms with Crippen molar-refractivity contribution < 1.29 is 12.9 Å². The predicted octanol–water partition coefficient (Wildman–Crippen LogP) is 8.17. The van der Waals surface area contributed by atoms with Crippen molar-refractivity contribution in [1.82, 2.24) is 0 Å². The van der Waals surface area contributed by atoms with Gasteiger partial charge in [-0.1, -0.05) is 32.9 Å². The second-order valence-electron chi connectivity index (χ2n) is 10.7. The smallest absolute Gasteiger partial charge is 0.387 e. The lowest BCUT2D eigenvalue weighted by Crippen LogP contribution is -2.43. The maximum atomic E-state index is 6.79. The number of hydrogen-bond donors (Lipinski definition) is 0. The van der Waals surface area contributed by atoms with Gasteiger partial charge in [0.05, 0.1) is 6.10 Å². The van der Waals surface area contributed by atoms with Crippen molar-refractivity contribution in [1.29, 1.82) is 0 Å². The third-order valence-corrected chi connectivity index (χ3v) is 8.84. The predicted molar refractivity (Wildman–Crippen MR) is 125 cm³/mol. The van der Waals surface area contributed by atoms with Crippen molar-refractivity contribution in [2.75, 3.05) is 0 Å². The fraction of sp³-hybridized carbons (Fsp3) is 0.538. The topological polar surface area (TPSA) is 35.5 Å². The van der Waals surface area contributed by atoms with E-state index in [-0.39, 0.29) is 16.9 Å². The van der Waals surface area contributed by atoms with Crippen molar-refractivity contribution in [3.8, 4) is 0 Å². The molecule has 2 bridgehead atoms. The van der Waals surface area contributed by atoms with Gasteiger partial charge in [-0.05, 0) is 98.1 Å². The highest BCUT2D eigenvalue weighted by Crippen LogP contribution is 2.64. The van der Waals surface area contributed by atoms with Crippen molar-refractivity contribution >= 4 is 30.2 Å². The SMILES string of the molecule is Cc1cc(C)c2op(OC3C4(C)CCC(C4)C3(C)C)oc3c(C)cc(C)cc3c2c1. The molecule has 2 aliphatic rings. The summed E-state index contributed by atoms with van der Waals surface area (Å²) in [5.41, 5.74) is 6.90. The van der Waals surface area contributed by atoms with E-state index in [1.807, 2.05) is 0 Å². The summed E-state index contributed by atoms with van der Waals surface area (Å²) in [7, 11) is -1.54. The fourth-order valence-corrected chi connectivity index (χ4v) is 7.97.